The third kappa shape index (κ3) is 3.42. The van der Waals surface area contributed by atoms with E-state index in [1.54, 1.807) is 18.2 Å². The Labute approximate surface area is 124 Å². The summed E-state index contributed by atoms with van der Waals surface area (Å²) < 4.78 is 2.07. The van der Waals surface area contributed by atoms with Gasteiger partial charge in [-0.05, 0) is 43.9 Å². The molecule has 5 heteroatoms. The minimum absolute atomic E-state index is 0.177. The molecule has 1 aromatic heterocycles. The van der Waals surface area contributed by atoms with Gasteiger partial charge in [-0.15, -0.1) is 0 Å². The molecule has 1 heterocycles. The fourth-order valence-electron chi connectivity index (χ4n) is 2.78. The summed E-state index contributed by atoms with van der Waals surface area (Å²) in [6.45, 7) is 5.00. The maximum atomic E-state index is 11.1. The Morgan fingerprint density at radius 2 is 2.14 bits per heavy atom. The molecule has 0 radical (unpaired) electrons. The first-order chi connectivity index (χ1) is 10.1. The van der Waals surface area contributed by atoms with Gasteiger partial charge in [0, 0.05) is 13.2 Å². The number of carbonyl (C=O) groups is 1. The molecule has 0 saturated carbocycles. The fourth-order valence-corrected chi connectivity index (χ4v) is 2.78. The van der Waals surface area contributed by atoms with E-state index in [1.165, 1.54) is 0 Å². The maximum Gasteiger partial charge on any atom is 0.335 e. The molecule has 2 N–H and O–H groups in total. The predicted molar refractivity (Wildman–Crippen MR) is 81.5 cm³/mol. The lowest BCUT2D eigenvalue weighted by atomic mass is 10.00. The van der Waals surface area contributed by atoms with Crippen LogP contribution in [0.2, 0.25) is 0 Å². The summed E-state index contributed by atoms with van der Waals surface area (Å²) in [5.74, 6) is 0.332. The Bertz CT molecular complexity index is 628. The monoisotopic (exact) mass is 290 g/mol. The summed E-state index contributed by atoms with van der Waals surface area (Å²) >= 11 is 0. The first-order valence-corrected chi connectivity index (χ1v) is 7.37. The number of aromatic carboxylic acids is 1. The van der Waals surface area contributed by atoms with Crippen molar-refractivity contribution in [2.75, 3.05) is 6.61 Å². The average molecular weight is 290 g/mol. The molecule has 1 atom stereocenters. The Morgan fingerprint density at radius 3 is 2.76 bits per heavy atom. The van der Waals surface area contributed by atoms with Crippen molar-refractivity contribution in [3.8, 4) is 0 Å². The van der Waals surface area contributed by atoms with Gasteiger partial charge in [0.05, 0.1) is 16.6 Å². The van der Waals surface area contributed by atoms with Gasteiger partial charge in [-0.1, -0.05) is 13.3 Å². The topological polar surface area (TPSA) is 75.3 Å². The van der Waals surface area contributed by atoms with Gasteiger partial charge in [0.15, 0.2) is 0 Å². The SMILES string of the molecule is CCCC(CCO)Cn1c(C)nc2ccc(C(=O)O)cc21. The zero-order valence-electron chi connectivity index (χ0n) is 12.5. The van der Waals surface area contributed by atoms with Gasteiger partial charge in [-0.25, -0.2) is 9.78 Å². The van der Waals surface area contributed by atoms with Crippen molar-refractivity contribution in [1.82, 2.24) is 9.55 Å². The molecule has 0 aliphatic carbocycles. The number of aryl methyl sites for hydroxylation is 1. The number of hydrogen-bond acceptors (Lipinski definition) is 3. The second-order valence-corrected chi connectivity index (χ2v) is 5.45. The van der Waals surface area contributed by atoms with Crippen LogP contribution in [0.5, 0.6) is 0 Å². The minimum Gasteiger partial charge on any atom is -0.478 e. The molecule has 0 fully saturated rings. The highest BCUT2D eigenvalue weighted by atomic mass is 16.4. The summed E-state index contributed by atoms with van der Waals surface area (Å²) in [5.41, 5.74) is 1.95. The van der Waals surface area contributed by atoms with Crippen molar-refractivity contribution in [3.05, 3.63) is 29.6 Å². The average Bonchev–Trinajstić information content (AvgIpc) is 2.75. The van der Waals surface area contributed by atoms with Crippen LogP contribution in [0.25, 0.3) is 11.0 Å². The smallest absolute Gasteiger partial charge is 0.335 e. The Hall–Kier alpha value is -1.88. The quantitative estimate of drug-likeness (QED) is 0.822. The van der Waals surface area contributed by atoms with Crippen LogP contribution in [0.15, 0.2) is 18.2 Å². The Kier molecular flexibility index (Phi) is 4.96. The van der Waals surface area contributed by atoms with Crippen LogP contribution in [-0.4, -0.2) is 32.3 Å². The summed E-state index contributed by atoms with van der Waals surface area (Å²) in [5, 5.41) is 18.3. The van der Waals surface area contributed by atoms with Crippen molar-refractivity contribution >= 4 is 17.0 Å². The molecule has 1 aromatic carbocycles. The first-order valence-electron chi connectivity index (χ1n) is 7.37. The molecule has 0 bridgehead atoms. The number of carboxylic acid groups (broad SMARTS) is 1. The highest BCUT2D eigenvalue weighted by molar-refractivity contribution is 5.92. The zero-order valence-corrected chi connectivity index (χ0v) is 12.5. The fraction of sp³-hybridized carbons (Fsp3) is 0.500. The number of rotatable bonds is 7. The van der Waals surface area contributed by atoms with E-state index in [0.717, 1.165) is 42.7 Å². The molecule has 21 heavy (non-hydrogen) atoms. The van der Waals surface area contributed by atoms with Gasteiger partial charge >= 0.3 is 5.97 Å². The van der Waals surface area contributed by atoms with Crippen LogP contribution < -0.4 is 0 Å². The number of nitrogens with zero attached hydrogens (tertiary/aromatic N) is 2. The van der Waals surface area contributed by atoms with Gasteiger partial charge in [-0.2, -0.15) is 0 Å². The third-order valence-corrected chi connectivity index (χ3v) is 3.86. The summed E-state index contributed by atoms with van der Waals surface area (Å²) in [6.07, 6.45) is 2.86. The van der Waals surface area contributed by atoms with E-state index >= 15 is 0 Å². The number of imidazole rings is 1. The van der Waals surface area contributed by atoms with Crippen LogP contribution in [0.1, 0.15) is 42.4 Å². The largest absolute Gasteiger partial charge is 0.478 e. The minimum atomic E-state index is -0.928. The molecule has 2 rings (SSSR count). The lowest BCUT2D eigenvalue weighted by Gasteiger charge is -2.17. The van der Waals surface area contributed by atoms with Gasteiger partial charge in [-0.3, -0.25) is 0 Å². The van der Waals surface area contributed by atoms with E-state index in [1.807, 2.05) is 6.92 Å². The van der Waals surface area contributed by atoms with Gasteiger partial charge in [0.25, 0.3) is 0 Å². The van der Waals surface area contributed by atoms with Crippen molar-refractivity contribution in [1.29, 1.82) is 0 Å². The van der Waals surface area contributed by atoms with Crippen molar-refractivity contribution in [3.63, 3.8) is 0 Å². The van der Waals surface area contributed by atoms with E-state index in [-0.39, 0.29) is 12.2 Å². The highest BCUT2D eigenvalue weighted by Gasteiger charge is 2.15. The number of benzene rings is 1. The highest BCUT2D eigenvalue weighted by Crippen LogP contribution is 2.22. The standard InChI is InChI=1S/C16H22N2O3/c1-3-4-12(7-8-19)10-18-11(2)17-14-6-5-13(16(20)21)9-15(14)18/h5-6,9,12,19H,3-4,7-8,10H2,1-2H3,(H,20,21). The number of carboxylic acids is 1. The number of aliphatic hydroxyl groups excluding tert-OH is 1. The van der Waals surface area contributed by atoms with Gasteiger partial charge in [0.2, 0.25) is 0 Å². The number of aromatic nitrogens is 2. The number of hydrogen-bond donors (Lipinski definition) is 2. The van der Waals surface area contributed by atoms with Crippen molar-refractivity contribution in [2.45, 2.75) is 39.7 Å². The summed E-state index contributed by atoms with van der Waals surface area (Å²) in [7, 11) is 0. The number of fused-ring (bicyclic) bond motifs is 1. The molecule has 5 nitrogen and oxygen atoms in total. The van der Waals surface area contributed by atoms with E-state index in [9.17, 15) is 9.90 Å². The van der Waals surface area contributed by atoms with Crippen LogP contribution in [0.3, 0.4) is 0 Å². The molecular formula is C16H22N2O3. The van der Waals surface area contributed by atoms with Gasteiger partial charge in [0.1, 0.15) is 5.82 Å². The first kappa shape index (κ1) is 15.5. The molecule has 0 aliphatic heterocycles. The second-order valence-electron chi connectivity index (χ2n) is 5.45. The predicted octanol–water partition coefficient (Wildman–Crippen LogP) is 2.84. The second kappa shape index (κ2) is 6.72. The summed E-state index contributed by atoms with van der Waals surface area (Å²) in [4.78, 5) is 15.6. The molecule has 0 aliphatic rings. The van der Waals surface area contributed by atoms with E-state index in [4.69, 9.17) is 5.11 Å². The molecule has 0 amide bonds. The molecule has 0 spiro atoms. The zero-order chi connectivity index (χ0) is 15.4. The molecule has 1 unspecified atom stereocenters. The van der Waals surface area contributed by atoms with Crippen molar-refractivity contribution < 1.29 is 15.0 Å². The van der Waals surface area contributed by atoms with Crippen LogP contribution >= 0.6 is 0 Å². The lowest BCUT2D eigenvalue weighted by Crippen LogP contribution is -2.13. The Morgan fingerprint density at radius 1 is 1.38 bits per heavy atom. The normalized spacial score (nSPS) is 12.7. The molecule has 0 saturated heterocycles. The van der Waals surface area contributed by atoms with Gasteiger partial charge < -0.3 is 14.8 Å². The van der Waals surface area contributed by atoms with E-state index in [0.29, 0.717) is 5.92 Å². The van der Waals surface area contributed by atoms with E-state index < -0.39 is 5.97 Å². The summed E-state index contributed by atoms with van der Waals surface area (Å²) in [6, 6.07) is 5.02. The van der Waals surface area contributed by atoms with Crippen LogP contribution in [0, 0.1) is 12.8 Å². The third-order valence-electron chi connectivity index (χ3n) is 3.86. The molecule has 114 valence electrons. The van der Waals surface area contributed by atoms with Crippen molar-refractivity contribution in [2.24, 2.45) is 5.92 Å². The van der Waals surface area contributed by atoms with Crippen LogP contribution in [0.4, 0.5) is 0 Å². The number of aliphatic hydroxyl groups is 1. The van der Waals surface area contributed by atoms with Crippen LogP contribution in [-0.2, 0) is 6.54 Å². The lowest BCUT2D eigenvalue weighted by molar-refractivity contribution is 0.0697. The Balaban J connectivity index is 2.39. The van der Waals surface area contributed by atoms with E-state index in [2.05, 4.69) is 16.5 Å². The maximum absolute atomic E-state index is 11.1. The molecular weight excluding hydrogens is 268 g/mol. The molecule has 2 aromatic rings.